The van der Waals surface area contributed by atoms with Crippen molar-refractivity contribution in [1.82, 2.24) is 5.32 Å². The fraction of sp³-hybridized carbons (Fsp3) is 0.857. The van der Waals surface area contributed by atoms with Crippen LogP contribution in [0.2, 0.25) is 0 Å². The summed E-state index contributed by atoms with van der Waals surface area (Å²) in [7, 11) is 0. The molecule has 0 aromatic carbocycles. The SMILES string of the molecule is N[C@H](C[C@H](N[C@@H]1O[C@H](CO)[C@@H](O)[C@H](O)[C@H]1O)C(=O)O)[C@@H](O)C[C@H](N)C(=O)O. The van der Waals surface area contributed by atoms with Gasteiger partial charge in [0.1, 0.15) is 42.7 Å². The van der Waals surface area contributed by atoms with Crippen molar-refractivity contribution in [1.29, 1.82) is 0 Å². The summed E-state index contributed by atoms with van der Waals surface area (Å²) < 4.78 is 5.16. The van der Waals surface area contributed by atoms with Gasteiger partial charge >= 0.3 is 11.9 Å². The maximum Gasteiger partial charge on any atom is 0.320 e. The van der Waals surface area contributed by atoms with Crippen LogP contribution in [0.3, 0.4) is 0 Å². The highest BCUT2D eigenvalue weighted by Gasteiger charge is 2.44. The van der Waals surface area contributed by atoms with E-state index >= 15 is 0 Å². The van der Waals surface area contributed by atoms with Crippen LogP contribution in [-0.2, 0) is 14.3 Å². The first kappa shape index (κ1) is 23.6. The molecule has 158 valence electrons. The quantitative estimate of drug-likeness (QED) is 0.165. The van der Waals surface area contributed by atoms with Crippen molar-refractivity contribution in [2.45, 2.75) is 67.7 Å². The number of aliphatic hydroxyl groups is 5. The Labute approximate surface area is 154 Å². The molecule has 0 bridgehead atoms. The van der Waals surface area contributed by atoms with Crippen LogP contribution in [0.15, 0.2) is 0 Å². The predicted octanol–water partition coefficient (Wildman–Crippen LogP) is -5.29. The normalized spacial score (nSPS) is 33.1. The van der Waals surface area contributed by atoms with Crippen molar-refractivity contribution in [2.75, 3.05) is 6.61 Å². The van der Waals surface area contributed by atoms with Gasteiger partial charge in [0.25, 0.3) is 0 Å². The van der Waals surface area contributed by atoms with Crippen LogP contribution in [0.5, 0.6) is 0 Å². The van der Waals surface area contributed by atoms with Crippen molar-refractivity contribution in [3.8, 4) is 0 Å². The summed E-state index contributed by atoms with van der Waals surface area (Å²) in [5, 5.41) is 68.9. The van der Waals surface area contributed by atoms with Crippen molar-refractivity contribution in [3.05, 3.63) is 0 Å². The number of hydrogen-bond donors (Lipinski definition) is 10. The van der Waals surface area contributed by atoms with Crippen LogP contribution in [-0.4, -0.2) is 109 Å². The zero-order chi connectivity index (χ0) is 20.9. The lowest BCUT2D eigenvalue weighted by atomic mass is 9.95. The minimum absolute atomic E-state index is 0.391. The number of nitrogens with one attached hydrogen (secondary N) is 1. The van der Waals surface area contributed by atoms with Gasteiger partial charge in [0.2, 0.25) is 0 Å². The van der Waals surface area contributed by atoms with Gasteiger partial charge in [-0.05, 0) is 6.42 Å². The molecule has 1 heterocycles. The average molecular weight is 397 g/mol. The zero-order valence-electron chi connectivity index (χ0n) is 14.3. The number of aliphatic carboxylic acids is 2. The van der Waals surface area contributed by atoms with Gasteiger partial charge in [-0.1, -0.05) is 0 Å². The summed E-state index contributed by atoms with van der Waals surface area (Å²) >= 11 is 0. The van der Waals surface area contributed by atoms with Gasteiger partial charge in [-0.15, -0.1) is 0 Å². The fourth-order valence-corrected chi connectivity index (χ4v) is 2.64. The van der Waals surface area contributed by atoms with E-state index in [9.17, 15) is 35.1 Å². The summed E-state index contributed by atoms with van der Waals surface area (Å²) in [6, 6.07) is -4.02. The Hall–Kier alpha value is -1.42. The van der Waals surface area contributed by atoms with Crippen LogP contribution >= 0.6 is 0 Å². The predicted molar refractivity (Wildman–Crippen MR) is 87.2 cm³/mol. The van der Waals surface area contributed by atoms with Gasteiger partial charge in [-0.3, -0.25) is 14.9 Å². The highest BCUT2D eigenvalue weighted by molar-refractivity contribution is 5.74. The van der Waals surface area contributed by atoms with Crippen LogP contribution in [0.25, 0.3) is 0 Å². The van der Waals surface area contributed by atoms with E-state index in [4.69, 9.17) is 26.4 Å². The van der Waals surface area contributed by atoms with Crippen LogP contribution in [0, 0.1) is 0 Å². The van der Waals surface area contributed by atoms with E-state index in [-0.39, 0.29) is 0 Å². The first-order chi connectivity index (χ1) is 12.5. The van der Waals surface area contributed by atoms with Gasteiger partial charge in [0.05, 0.1) is 12.7 Å². The largest absolute Gasteiger partial charge is 0.480 e. The molecule has 1 aliphatic heterocycles. The second-order valence-corrected chi connectivity index (χ2v) is 6.45. The summed E-state index contributed by atoms with van der Waals surface area (Å²) in [5.74, 6) is -2.77. The molecule has 0 saturated carbocycles. The van der Waals surface area contributed by atoms with E-state index in [1.165, 1.54) is 0 Å². The third-order valence-corrected chi connectivity index (χ3v) is 4.37. The lowest BCUT2D eigenvalue weighted by Gasteiger charge is -2.41. The van der Waals surface area contributed by atoms with Crippen LogP contribution in [0.4, 0.5) is 0 Å². The molecule has 0 aliphatic carbocycles. The zero-order valence-corrected chi connectivity index (χ0v) is 14.3. The van der Waals surface area contributed by atoms with Gasteiger partial charge in [0, 0.05) is 12.5 Å². The van der Waals surface area contributed by atoms with E-state index in [0.717, 1.165) is 0 Å². The molecular formula is C14H27N3O10. The van der Waals surface area contributed by atoms with Gasteiger partial charge < -0.3 is 51.9 Å². The number of carboxylic acids is 2. The molecule has 0 unspecified atom stereocenters. The molecule has 0 amide bonds. The third-order valence-electron chi connectivity index (χ3n) is 4.37. The Bertz CT molecular complexity index is 508. The second-order valence-electron chi connectivity index (χ2n) is 6.45. The highest BCUT2D eigenvalue weighted by atomic mass is 16.6. The molecule has 1 aliphatic rings. The van der Waals surface area contributed by atoms with Crippen molar-refractivity contribution < 1.29 is 50.1 Å². The summed E-state index contributed by atoms with van der Waals surface area (Å²) in [5.41, 5.74) is 11.0. The monoisotopic (exact) mass is 397 g/mol. The molecule has 0 radical (unpaired) electrons. The van der Waals surface area contributed by atoms with Crippen LogP contribution < -0.4 is 16.8 Å². The van der Waals surface area contributed by atoms with Gasteiger partial charge in [-0.25, -0.2) is 0 Å². The standard InChI is InChI=1S/C14H27N3O10/c15-4(7(19)2-5(16)13(23)24)1-6(14(25)26)17-12-11(22)10(21)9(20)8(3-18)27-12/h4-12,17-22H,1-3,15-16H2,(H,23,24)(H,25,26)/t4-,5+,6+,7+,8-,9-,10+,11-,12-/m1/s1. The topological polar surface area (TPSA) is 249 Å². The van der Waals surface area contributed by atoms with Gasteiger partial charge in [0.15, 0.2) is 0 Å². The average Bonchev–Trinajstić information content (AvgIpc) is 2.60. The molecule has 1 fully saturated rings. The molecule has 0 aromatic rings. The number of rotatable bonds is 10. The smallest absolute Gasteiger partial charge is 0.320 e. The Morgan fingerprint density at radius 2 is 1.59 bits per heavy atom. The van der Waals surface area contributed by atoms with E-state index in [0.29, 0.717) is 0 Å². The minimum Gasteiger partial charge on any atom is -0.480 e. The number of carboxylic acid groups (broad SMARTS) is 2. The Kier molecular flexibility index (Phi) is 8.93. The Balaban J connectivity index is 2.75. The molecule has 13 heteroatoms. The van der Waals surface area contributed by atoms with Crippen molar-refractivity contribution >= 4 is 11.9 Å². The van der Waals surface area contributed by atoms with E-state index in [2.05, 4.69) is 5.32 Å². The molecule has 0 spiro atoms. The number of carbonyl (C=O) groups is 2. The van der Waals surface area contributed by atoms with Crippen LogP contribution in [0.1, 0.15) is 12.8 Å². The number of aliphatic hydroxyl groups excluding tert-OH is 5. The van der Waals surface area contributed by atoms with Gasteiger partial charge in [-0.2, -0.15) is 0 Å². The maximum absolute atomic E-state index is 11.4. The second kappa shape index (κ2) is 10.2. The van der Waals surface area contributed by atoms with E-state index in [1.54, 1.807) is 0 Å². The molecule has 12 N–H and O–H groups in total. The molecule has 1 saturated heterocycles. The first-order valence-electron chi connectivity index (χ1n) is 8.21. The fourth-order valence-electron chi connectivity index (χ4n) is 2.64. The number of nitrogens with two attached hydrogens (primary N) is 2. The van der Waals surface area contributed by atoms with E-state index in [1.807, 2.05) is 0 Å². The number of hydrogen-bond acceptors (Lipinski definition) is 11. The summed E-state index contributed by atoms with van der Waals surface area (Å²) in [6.07, 6.45) is -9.89. The first-order valence-corrected chi connectivity index (χ1v) is 8.21. The lowest BCUT2D eigenvalue weighted by Crippen LogP contribution is -2.64. The summed E-state index contributed by atoms with van der Waals surface area (Å²) in [4.78, 5) is 22.2. The molecule has 0 aromatic heterocycles. The highest BCUT2D eigenvalue weighted by Crippen LogP contribution is 2.20. The molecule has 27 heavy (non-hydrogen) atoms. The van der Waals surface area contributed by atoms with E-state index < -0.39 is 86.3 Å². The Morgan fingerprint density at radius 1 is 1.00 bits per heavy atom. The molecule has 1 rings (SSSR count). The molecule has 13 nitrogen and oxygen atoms in total. The third kappa shape index (κ3) is 6.31. The molecule has 9 atom stereocenters. The maximum atomic E-state index is 11.4. The Morgan fingerprint density at radius 3 is 2.07 bits per heavy atom. The number of ether oxygens (including phenoxy) is 1. The summed E-state index contributed by atoms with van der Waals surface area (Å²) in [6.45, 7) is -0.688. The van der Waals surface area contributed by atoms with Crippen molar-refractivity contribution in [2.24, 2.45) is 11.5 Å². The molecular weight excluding hydrogens is 370 g/mol. The van der Waals surface area contributed by atoms with Crippen molar-refractivity contribution in [3.63, 3.8) is 0 Å². The lowest BCUT2D eigenvalue weighted by molar-refractivity contribution is -0.238. The minimum atomic E-state index is -1.70.